The van der Waals surface area contributed by atoms with Crippen molar-refractivity contribution in [3.63, 3.8) is 0 Å². The Balaban J connectivity index is 2.01. The lowest BCUT2D eigenvalue weighted by molar-refractivity contribution is -0.175. The lowest BCUT2D eigenvalue weighted by Gasteiger charge is -2.51. The monoisotopic (exact) mass is 599 g/mol. The number of aromatic nitrogens is 2. The van der Waals surface area contributed by atoms with Gasteiger partial charge in [0.15, 0.2) is 6.23 Å². The Labute approximate surface area is 238 Å². The van der Waals surface area contributed by atoms with E-state index in [0.717, 1.165) is 0 Å². The summed E-state index contributed by atoms with van der Waals surface area (Å²) in [5.74, 6) is 0. The van der Waals surface area contributed by atoms with Gasteiger partial charge in [0.25, 0.3) is 5.56 Å². The van der Waals surface area contributed by atoms with Crippen molar-refractivity contribution in [3.8, 4) is 6.07 Å². The van der Waals surface area contributed by atoms with Crippen molar-refractivity contribution >= 4 is 17.1 Å². The molecule has 0 saturated carbocycles. The van der Waals surface area contributed by atoms with E-state index < -0.39 is 52.9 Å². The normalized spacial score (nSPS) is 26.2. The number of fused-ring (bicyclic) bond motifs is 1. The van der Waals surface area contributed by atoms with Crippen LogP contribution in [0.25, 0.3) is 0 Å². The molecule has 2 saturated heterocycles. The molecule has 12 nitrogen and oxygen atoms in total. The molecule has 2 fully saturated rings. The summed E-state index contributed by atoms with van der Waals surface area (Å²) in [4.78, 5) is 26.9. The maximum absolute atomic E-state index is 12.8. The summed E-state index contributed by atoms with van der Waals surface area (Å²) in [7, 11) is -5.79. The molecule has 14 heteroatoms. The number of H-pyrrole nitrogens is 1. The third-order valence-electron chi connectivity index (χ3n) is 7.61. The van der Waals surface area contributed by atoms with Crippen LogP contribution >= 0.6 is 0 Å². The largest absolute Gasteiger partial charge is 0.414 e. The summed E-state index contributed by atoms with van der Waals surface area (Å²) < 4.78 is 45.9. The third kappa shape index (κ3) is 6.85. The van der Waals surface area contributed by atoms with Gasteiger partial charge >= 0.3 is 22.8 Å². The summed E-state index contributed by atoms with van der Waals surface area (Å²) in [6.07, 6.45) is -1.24. The van der Waals surface area contributed by atoms with Crippen LogP contribution in [-0.4, -0.2) is 71.8 Å². The van der Waals surface area contributed by atoms with Crippen LogP contribution < -0.4 is 11.2 Å². The fraction of sp³-hybridized carbons (Fsp3) is 0.808. The van der Waals surface area contributed by atoms with Gasteiger partial charge in [0, 0.05) is 12.3 Å². The second-order valence-corrected chi connectivity index (χ2v) is 20.4. The molecule has 226 valence electrons. The SMILES string of the molecule is CC(C)[Si]1(C(C)C)OC[C@H]2O[C@@H](n3ccc(=O)[nH]c3=O)[C@H](OCOCOCCC#N)[C@@H]2O[Si](C(C)C)(C(C)C)O1. The van der Waals surface area contributed by atoms with Gasteiger partial charge in [-0.15, -0.1) is 0 Å². The van der Waals surface area contributed by atoms with Gasteiger partial charge in [0.1, 0.15) is 31.9 Å². The first kappa shape index (κ1) is 32.8. The van der Waals surface area contributed by atoms with E-state index in [4.69, 9.17) is 37.2 Å². The van der Waals surface area contributed by atoms with Gasteiger partial charge in [-0.1, -0.05) is 55.4 Å². The van der Waals surface area contributed by atoms with Crippen molar-refractivity contribution in [2.45, 2.75) is 109 Å². The second kappa shape index (κ2) is 14.0. The molecule has 1 aromatic rings. The van der Waals surface area contributed by atoms with E-state index in [1.165, 1.54) is 16.8 Å². The molecule has 2 aliphatic heterocycles. The molecule has 3 rings (SSSR count). The van der Waals surface area contributed by atoms with Gasteiger partial charge in [0.2, 0.25) is 0 Å². The molecule has 0 aromatic carbocycles. The molecular weight excluding hydrogens is 554 g/mol. The highest BCUT2D eigenvalue weighted by molar-refractivity contribution is 6.83. The van der Waals surface area contributed by atoms with E-state index in [0.29, 0.717) is 0 Å². The molecule has 0 unspecified atom stereocenters. The van der Waals surface area contributed by atoms with Crippen molar-refractivity contribution in [3.05, 3.63) is 33.1 Å². The van der Waals surface area contributed by atoms with Crippen molar-refractivity contribution in [2.75, 3.05) is 26.8 Å². The molecule has 0 bridgehead atoms. The van der Waals surface area contributed by atoms with Crippen molar-refractivity contribution in [1.82, 2.24) is 9.55 Å². The first-order valence-corrected chi connectivity index (χ1v) is 18.0. The number of ether oxygens (including phenoxy) is 4. The van der Waals surface area contributed by atoms with Crippen LogP contribution in [0.15, 0.2) is 21.9 Å². The molecule has 1 aromatic heterocycles. The van der Waals surface area contributed by atoms with E-state index in [2.05, 4.69) is 60.4 Å². The van der Waals surface area contributed by atoms with Crippen molar-refractivity contribution in [1.29, 1.82) is 5.26 Å². The molecule has 3 heterocycles. The molecule has 40 heavy (non-hydrogen) atoms. The quantitative estimate of drug-likeness (QED) is 0.215. The predicted molar refractivity (Wildman–Crippen MR) is 151 cm³/mol. The zero-order valence-corrected chi connectivity index (χ0v) is 26.9. The third-order valence-corrected chi connectivity index (χ3v) is 17.9. The lowest BCUT2D eigenvalue weighted by atomic mass is 10.1. The molecule has 0 spiro atoms. The number of nitrogens with zero attached hydrogens (tertiary/aromatic N) is 2. The van der Waals surface area contributed by atoms with Crippen molar-refractivity contribution in [2.24, 2.45) is 0 Å². The first-order chi connectivity index (χ1) is 18.9. The first-order valence-electron chi connectivity index (χ1n) is 14.0. The second-order valence-electron chi connectivity index (χ2n) is 11.5. The van der Waals surface area contributed by atoms with E-state index in [1.807, 2.05) is 6.07 Å². The Kier molecular flexibility index (Phi) is 11.5. The Morgan fingerprint density at radius 2 is 1.68 bits per heavy atom. The van der Waals surface area contributed by atoms with E-state index in [1.54, 1.807) is 0 Å². The van der Waals surface area contributed by atoms with Gasteiger partial charge in [-0.05, 0) is 22.2 Å². The van der Waals surface area contributed by atoms with Gasteiger partial charge < -0.3 is 31.9 Å². The zero-order chi connectivity index (χ0) is 29.7. The average molecular weight is 600 g/mol. The number of hydrogen-bond donors (Lipinski definition) is 1. The highest BCUT2D eigenvalue weighted by atomic mass is 28.5. The maximum atomic E-state index is 12.8. The molecular formula is C26H45N3O9Si2. The number of aromatic amines is 1. The minimum absolute atomic E-state index is 0.0622. The smallest absolute Gasteiger partial charge is 0.335 e. The number of rotatable bonds is 12. The lowest BCUT2D eigenvalue weighted by Crippen LogP contribution is -2.66. The van der Waals surface area contributed by atoms with Crippen LogP contribution in [0.1, 0.15) is 68.0 Å². The minimum atomic E-state index is -3.00. The summed E-state index contributed by atoms with van der Waals surface area (Å²) in [6, 6.07) is 3.27. The average Bonchev–Trinajstić information content (AvgIpc) is 3.18. The minimum Gasteiger partial charge on any atom is -0.414 e. The molecule has 0 radical (unpaired) electrons. The Hall–Kier alpha value is -1.68. The molecule has 0 aliphatic carbocycles. The summed E-state index contributed by atoms with van der Waals surface area (Å²) in [5.41, 5.74) is -0.638. The van der Waals surface area contributed by atoms with Gasteiger partial charge in [0.05, 0.1) is 25.7 Å². The topological polar surface area (TPSA) is 143 Å². The Morgan fingerprint density at radius 1 is 1.02 bits per heavy atom. The Morgan fingerprint density at radius 3 is 2.25 bits per heavy atom. The van der Waals surface area contributed by atoms with Crippen LogP contribution in [0, 0.1) is 11.3 Å². The van der Waals surface area contributed by atoms with Crippen LogP contribution in [0.4, 0.5) is 0 Å². The summed E-state index contributed by atoms with van der Waals surface area (Å²) >= 11 is 0. The van der Waals surface area contributed by atoms with E-state index in [-0.39, 0.29) is 55.4 Å². The van der Waals surface area contributed by atoms with E-state index in [9.17, 15) is 9.59 Å². The number of nitriles is 1. The van der Waals surface area contributed by atoms with Crippen molar-refractivity contribution < 1.29 is 31.9 Å². The van der Waals surface area contributed by atoms with Crippen LogP contribution in [-0.2, 0) is 31.9 Å². The van der Waals surface area contributed by atoms with E-state index >= 15 is 0 Å². The van der Waals surface area contributed by atoms with Gasteiger partial charge in [-0.3, -0.25) is 14.3 Å². The van der Waals surface area contributed by atoms with Gasteiger partial charge in [-0.2, -0.15) is 5.26 Å². The molecule has 4 atom stereocenters. The maximum Gasteiger partial charge on any atom is 0.335 e. The van der Waals surface area contributed by atoms with Crippen LogP contribution in [0.5, 0.6) is 0 Å². The molecule has 1 N–H and O–H groups in total. The summed E-state index contributed by atoms with van der Waals surface area (Å²) in [6.45, 7) is 17.3. The standard InChI is InChI=1S/C26H45N3O9Si2/c1-17(2)39(18(3)4)35-14-21-23(37-40(38-39,19(5)6)20(7)8)24(34-16-33-15-32-13-9-11-27)25(36-21)29-12-10-22(30)28-26(29)31/h10,12,17-21,23-25H,9,13-16H2,1-8H3,(H,28,30,31)/t21-,23-,24-,25-/m1/s1. The van der Waals surface area contributed by atoms with Crippen LogP contribution in [0.3, 0.4) is 0 Å². The Bertz CT molecular complexity index is 1100. The predicted octanol–water partition coefficient (Wildman–Crippen LogP) is 3.64. The fourth-order valence-corrected chi connectivity index (χ4v) is 16.8. The van der Waals surface area contributed by atoms with Crippen LogP contribution in [0.2, 0.25) is 22.2 Å². The summed E-state index contributed by atoms with van der Waals surface area (Å²) in [5, 5.41) is 8.67. The molecule has 0 amide bonds. The number of nitrogens with one attached hydrogen (secondary N) is 1. The highest BCUT2D eigenvalue weighted by Gasteiger charge is 2.62. The number of hydrogen-bond acceptors (Lipinski definition) is 10. The highest BCUT2D eigenvalue weighted by Crippen LogP contribution is 2.48. The fourth-order valence-electron chi connectivity index (χ4n) is 5.55. The zero-order valence-electron chi connectivity index (χ0n) is 24.9. The van der Waals surface area contributed by atoms with Gasteiger partial charge in [-0.25, -0.2) is 4.79 Å². The molecule has 2 aliphatic rings.